The quantitative estimate of drug-likeness (QED) is 0.657. The highest BCUT2D eigenvalue weighted by atomic mass is 16.4. The third kappa shape index (κ3) is 3.16. The highest BCUT2D eigenvalue weighted by molar-refractivity contribution is 6.01. The van der Waals surface area contributed by atoms with Crippen LogP contribution in [0.3, 0.4) is 0 Å². The Hall–Kier alpha value is -2.63. The minimum atomic E-state index is -0.940. The fourth-order valence-electron chi connectivity index (χ4n) is 2.42. The molecule has 2 N–H and O–H groups in total. The summed E-state index contributed by atoms with van der Waals surface area (Å²) < 4.78 is 1.95. The van der Waals surface area contributed by atoms with Crippen LogP contribution in [-0.2, 0) is 6.54 Å². The zero-order chi connectivity index (χ0) is 16.3. The summed E-state index contributed by atoms with van der Waals surface area (Å²) in [5.74, 6) is -0.940. The van der Waals surface area contributed by atoms with E-state index in [1.165, 1.54) is 0 Å². The average Bonchev–Trinajstić information content (AvgIpc) is 2.79. The van der Waals surface area contributed by atoms with Crippen LogP contribution >= 0.6 is 0 Å². The van der Waals surface area contributed by atoms with E-state index in [-0.39, 0.29) is 5.56 Å². The number of aryl methyl sites for hydroxylation is 2. The topological polar surface area (TPSA) is 79.5 Å². The fourth-order valence-corrected chi connectivity index (χ4v) is 2.42. The van der Waals surface area contributed by atoms with Crippen LogP contribution in [0.15, 0.2) is 29.4 Å². The van der Waals surface area contributed by atoms with Gasteiger partial charge in [-0.3, -0.25) is 10.1 Å². The molecule has 0 radical (unpaired) electrons. The van der Waals surface area contributed by atoms with E-state index in [1.54, 1.807) is 24.3 Å². The molecule has 0 unspecified atom stereocenters. The first-order valence-electron chi connectivity index (χ1n) is 7.12. The Balaban J connectivity index is 2.19. The van der Waals surface area contributed by atoms with E-state index in [4.69, 9.17) is 5.11 Å². The fraction of sp³-hybridized carbons (Fsp3) is 0.312. The number of hydrazone groups is 1. The zero-order valence-corrected chi connectivity index (χ0v) is 13.2. The minimum Gasteiger partial charge on any atom is -0.478 e. The van der Waals surface area contributed by atoms with E-state index in [0.29, 0.717) is 0 Å². The molecule has 2 rings (SSSR count). The summed E-state index contributed by atoms with van der Waals surface area (Å²) in [6, 6.07) is 6.47. The average molecular weight is 300 g/mol. The van der Waals surface area contributed by atoms with Crippen molar-refractivity contribution in [1.82, 2.24) is 9.78 Å². The predicted octanol–water partition coefficient (Wildman–Crippen LogP) is 3.05. The van der Waals surface area contributed by atoms with Gasteiger partial charge < -0.3 is 5.11 Å². The Morgan fingerprint density at radius 3 is 2.45 bits per heavy atom. The minimum absolute atomic E-state index is 0.252. The van der Waals surface area contributed by atoms with Crippen molar-refractivity contribution < 1.29 is 9.90 Å². The van der Waals surface area contributed by atoms with Crippen LogP contribution in [0.5, 0.6) is 0 Å². The van der Waals surface area contributed by atoms with Gasteiger partial charge in [-0.05, 0) is 52.0 Å². The van der Waals surface area contributed by atoms with Gasteiger partial charge >= 0.3 is 5.97 Å². The van der Waals surface area contributed by atoms with E-state index in [9.17, 15) is 4.79 Å². The molecule has 116 valence electrons. The molecule has 0 spiro atoms. The lowest BCUT2D eigenvalue weighted by atomic mass is 10.1. The molecule has 1 aromatic carbocycles. The highest BCUT2D eigenvalue weighted by Crippen LogP contribution is 2.15. The highest BCUT2D eigenvalue weighted by Gasteiger charge is 2.13. The van der Waals surface area contributed by atoms with Crippen molar-refractivity contribution in [2.75, 3.05) is 5.43 Å². The van der Waals surface area contributed by atoms with Crippen molar-refractivity contribution in [1.29, 1.82) is 0 Å². The number of nitrogens with zero attached hydrogens (tertiary/aromatic N) is 3. The van der Waals surface area contributed by atoms with Crippen molar-refractivity contribution in [3.63, 3.8) is 0 Å². The Bertz CT molecular complexity index is 714. The molecule has 0 saturated carbocycles. The van der Waals surface area contributed by atoms with E-state index in [0.717, 1.165) is 34.9 Å². The second-order valence-electron chi connectivity index (χ2n) is 5.05. The lowest BCUT2D eigenvalue weighted by Crippen LogP contribution is -2.04. The second kappa shape index (κ2) is 6.43. The maximum atomic E-state index is 10.8. The molecule has 0 fully saturated rings. The maximum absolute atomic E-state index is 10.8. The number of hydrogen-bond acceptors (Lipinski definition) is 4. The number of benzene rings is 1. The van der Waals surface area contributed by atoms with E-state index >= 15 is 0 Å². The van der Waals surface area contributed by atoms with Crippen molar-refractivity contribution >= 4 is 17.4 Å². The van der Waals surface area contributed by atoms with Gasteiger partial charge in [-0.2, -0.15) is 10.2 Å². The lowest BCUT2D eigenvalue weighted by molar-refractivity contribution is 0.0697. The second-order valence-corrected chi connectivity index (χ2v) is 5.05. The number of aromatic carboxylic acids is 1. The normalized spacial score (nSPS) is 11.5. The summed E-state index contributed by atoms with van der Waals surface area (Å²) in [4.78, 5) is 10.8. The van der Waals surface area contributed by atoms with Gasteiger partial charge in [0.1, 0.15) is 0 Å². The molecule has 1 heterocycles. The van der Waals surface area contributed by atoms with Crippen molar-refractivity contribution in [2.45, 2.75) is 34.2 Å². The largest absolute Gasteiger partial charge is 0.478 e. The molecule has 0 saturated heterocycles. The molecule has 0 amide bonds. The van der Waals surface area contributed by atoms with Gasteiger partial charge in [0.2, 0.25) is 0 Å². The standard InChI is InChI=1S/C16H20N4O2/c1-5-20-12(4)15(11(3)19-20)10(2)17-18-14-8-6-13(7-9-14)16(21)22/h6-9,18H,5H2,1-4H3,(H,21,22). The number of carboxylic acids is 1. The maximum Gasteiger partial charge on any atom is 0.335 e. The van der Waals surface area contributed by atoms with Gasteiger partial charge in [0, 0.05) is 17.8 Å². The number of nitrogens with one attached hydrogen (secondary N) is 1. The van der Waals surface area contributed by atoms with E-state index in [1.807, 2.05) is 25.5 Å². The number of carbonyl (C=O) groups is 1. The van der Waals surface area contributed by atoms with Crippen LogP contribution in [0, 0.1) is 13.8 Å². The molecule has 1 aromatic heterocycles. The van der Waals surface area contributed by atoms with E-state index < -0.39 is 5.97 Å². The summed E-state index contributed by atoms with van der Waals surface area (Å²) in [7, 11) is 0. The molecule has 0 aliphatic rings. The molecular weight excluding hydrogens is 280 g/mol. The van der Waals surface area contributed by atoms with Crippen LogP contribution in [0.2, 0.25) is 0 Å². The smallest absolute Gasteiger partial charge is 0.335 e. The Morgan fingerprint density at radius 2 is 1.95 bits per heavy atom. The molecule has 0 aliphatic carbocycles. The number of aromatic nitrogens is 2. The summed E-state index contributed by atoms with van der Waals surface area (Å²) in [6.45, 7) is 8.80. The van der Waals surface area contributed by atoms with Crippen LogP contribution < -0.4 is 5.43 Å². The van der Waals surface area contributed by atoms with Gasteiger partial charge in [0.25, 0.3) is 0 Å². The summed E-state index contributed by atoms with van der Waals surface area (Å²) in [6.07, 6.45) is 0. The molecule has 2 aromatic rings. The molecule has 6 heteroatoms. The number of hydrogen-bond donors (Lipinski definition) is 2. The molecular formula is C16H20N4O2. The SMILES string of the molecule is CCn1nc(C)c(C(C)=NNc2ccc(C(=O)O)cc2)c1C. The monoisotopic (exact) mass is 300 g/mol. The molecule has 6 nitrogen and oxygen atoms in total. The van der Waals surface area contributed by atoms with Gasteiger partial charge in [-0.25, -0.2) is 4.79 Å². The summed E-state index contributed by atoms with van der Waals surface area (Å²) >= 11 is 0. The van der Waals surface area contributed by atoms with Gasteiger partial charge in [-0.15, -0.1) is 0 Å². The molecule has 0 bridgehead atoms. The van der Waals surface area contributed by atoms with Gasteiger partial charge in [0.15, 0.2) is 0 Å². The number of anilines is 1. The lowest BCUT2D eigenvalue weighted by Gasteiger charge is -2.05. The third-order valence-electron chi connectivity index (χ3n) is 3.53. The third-order valence-corrected chi connectivity index (χ3v) is 3.53. The van der Waals surface area contributed by atoms with Crippen LogP contribution in [0.4, 0.5) is 5.69 Å². The van der Waals surface area contributed by atoms with E-state index in [2.05, 4.69) is 22.5 Å². The first-order valence-corrected chi connectivity index (χ1v) is 7.12. The first-order chi connectivity index (χ1) is 10.4. The van der Waals surface area contributed by atoms with Gasteiger partial charge in [0.05, 0.1) is 22.7 Å². The Labute approximate surface area is 129 Å². The Kier molecular flexibility index (Phi) is 4.60. The van der Waals surface area contributed by atoms with Crippen molar-refractivity contribution in [3.8, 4) is 0 Å². The van der Waals surface area contributed by atoms with Crippen LogP contribution in [-0.4, -0.2) is 26.6 Å². The zero-order valence-electron chi connectivity index (χ0n) is 13.2. The predicted molar refractivity (Wildman–Crippen MR) is 86.6 cm³/mol. The van der Waals surface area contributed by atoms with Crippen LogP contribution in [0.25, 0.3) is 0 Å². The number of carboxylic acid groups (broad SMARTS) is 1. The number of rotatable bonds is 5. The molecule has 0 aliphatic heterocycles. The van der Waals surface area contributed by atoms with Crippen molar-refractivity contribution in [2.24, 2.45) is 5.10 Å². The summed E-state index contributed by atoms with van der Waals surface area (Å²) in [5.41, 5.74) is 7.86. The van der Waals surface area contributed by atoms with Crippen molar-refractivity contribution in [3.05, 3.63) is 46.8 Å². The first kappa shape index (κ1) is 15.8. The van der Waals surface area contributed by atoms with Crippen LogP contribution in [0.1, 0.15) is 41.2 Å². The van der Waals surface area contributed by atoms with Gasteiger partial charge in [-0.1, -0.05) is 0 Å². The Morgan fingerprint density at radius 1 is 1.32 bits per heavy atom. The summed E-state index contributed by atoms with van der Waals surface area (Å²) in [5, 5.41) is 17.7. The molecule has 22 heavy (non-hydrogen) atoms. The molecule has 0 atom stereocenters.